The van der Waals surface area contributed by atoms with E-state index in [-0.39, 0.29) is 0 Å². The van der Waals surface area contributed by atoms with Gasteiger partial charge in [-0.15, -0.1) is 0 Å². The number of hydrogen-bond acceptors (Lipinski definition) is 2. The standard InChI is InChI=1S/C24H23N2O/c1-14(2)12-18-17-9-6-5-8-16(17)15(3)21-23-22-19(25-13-26(23)4)10-7-11-20(22)27-24(18)21/h5-11,13-14H,12H2,1-4H3/q+1. The molecule has 4 aromatic rings. The second kappa shape index (κ2) is 5.78. The quantitative estimate of drug-likeness (QED) is 0.391. The monoisotopic (exact) mass is 355 g/mol. The Hall–Kier alpha value is -2.94. The summed E-state index contributed by atoms with van der Waals surface area (Å²) in [6, 6.07) is 14.8. The van der Waals surface area contributed by atoms with Gasteiger partial charge in [0.05, 0.1) is 12.6 Å². The molecule has 1 aliphatic heterocycles. The van der Waals surface area contributed by atoms with Crippen LogP contribution in [0.2, 0.25) is 0 Å². The second-order valence-corrected chi connectivity index (χ2v) is 7.91. The van der Waals surface area contributed by atoms with Gasteiger partial charge in [-0.2, -0.15) is 0 Å². The molecule has 2 heterocycles. The van der Waals surface area contributed by atoms with Gasteiger partial charge in [0, 0.05) is 5.56 Å². The maximum atomic E-state index is 6.57. The average Bonchev–Trinajstić information content (AvgIpc) is 2.67. The number of fused-ring (bicyclic) bond motifs is 3. The zero-order chi connectivity index (χ0) is 18.7. The summed E-state index contributed by atoms with van der Waals surface area (Å²) in [5, 5.41) is 3.71. The van der Waals surface area contributed by atoms with Gasteiger partial charge in [0.15, 0.2) is 11.2 Å². The molecule has 0 unspecified atom stereocenters. The van der Waals surface area contributed by atoms with E-state index in [4.69, 9.17) is 4.74 Å². The van der Waals surface area contributed by atoms with Gasteiger partial charge in [0.1, 0.15) is 16.9 Å². The van der Waals surface area contributed by atoms with Gasteiger partial charge >= 0.3 is 0 Å². The van der Waals surface area contributed by atoms with Gasteiger partial charge in [-0.3, -0.25) is 0 Å². The minimum absolute atomic E-state index is 0.548. The van der Waals surface area contributed by atoms with Crippen LogP contribution >= 0.6 is 0 Å². The molecule has 1 aliphatic rings. The van der Waals surface area contributed by atoms with Crippen molar-refractivity contribution in [3.8, 4) is 22.8 Å². The first-order chi connectivity index (χ1) is 13.1. The van der Waals surface area contributed by atoms with Crippen molar-refractivity contribution in [3.63, 3.8) is 0 Å². The van der Waals surface area contributed by atoms with E-state index in [2.05, 4.69) is 73.8 Å². The predicted molar refractivity (Wildman–Crippen MR) is 109 cm³/mol. The SMILES string of the molecule is Cc1c2c(c(CC(C)C)c3ccccc13)Oc1cccc3nc[n+](C)c-2c13. The fourth-order valence-electron chi connectivity index (χ4n) is 4.40. The van der Waals surface area contributed by atoms with Crippen molar-refractivity contribution < 1.29 is 9.30 Å². The van der Waals surface area contributed by atoms with Crippen LogP contribution < -0.4 is 9.30 Å². The molecular weight excluding hydrogens is 332 g/mol. The molecule has 0 N–H and O–H groups in total. The largest absolute Gasteiger partial charge is 0.455 e. The summed E-state index contributed by atoms with van der Waals surface area (Å²) in [5.74, 6) is 2.47. The number of ether oxygens (including phenoxy) is 1. The van der Waals surface area contributed by atoms with Crippen molar-refractivity contribution in [2.45, 2.75) is 27.2 Å². The normalized spacial score (nSPS) is 12.5. The third kappa shape index (κ3) is 2.27. The zero-order valence-corrected chi connectivity index (χ0v) is 16.2. The van der Waals surface area contributed by atoms with Crippen LogP contribution in [0.4, 0.5) is 0 Å². The predicted octanol–water partition coefficient (Wildman–Crippen LogP) is 5.49. The highest BCUT2D eigenvalue weighted by atomic mass is 16.5. The fourth-order valence-corrected chi connectivity index (χ4v) is 4.40. The lowest BCUT2D eigenvalue weighted by Crippen LogP contribution is -2.33. The van der Waals surface area contributed by atoms with Gasteiger partial charge in [-0.25, -0.2) is 4.57 Å². The fraction of sp³-hybridized carbons (Fsp3) is 0.250. The summed E-state index contributed by atoms with van der Waals surface area (Å²) >= 11 is 0. The molecule has 0 spiro atoms. The van der Waals surface area contributed by atoms with E-state index in [1.165, 1.54) is 33.2 Å². The van der Waals surface area contributed by atoms with E-state index in [9.17, 15) is 0 Å². The Morgan fingerprint density at radius 1 is 1.04 bits per heavy atom. The highest BCUT2D eigenvalue weighted by Crippen LogP contribution is 2.50. The maximum absolute atomic E-state index is 6.57. The number of hydrogen-bond donors (Lipinski definition) is 0. The highest BCUT2D eigenvalue weighted by Gasteiger charge is 2.31. The molecule has 0 saturated heterocycles. The minimum atomic E-state index is 0.548. The van der Waals surface area contributed by atoms with Crippen molar-refractivity contribution in [1.82, 2.24) is 4.98 Å². The molecule has 0 amide bonds. The van der Waals surface area contributed by atoms with Crippen LogP contribution in [0.5, 0.6) is 11.5 Å². The van der Waals surface area contributed by atoms with Crippen LogP contribution in [-0.2, 0) is 13.5 Å². The lowest BCUT2D eigenvalue weighted by atomic mass is 9.86. The molecule has 0 saturated carbocycles. The third-order valence-corrected chi connectivity index (χ3v) is 5.56. The molecule has 0 aliphatic carbocycles. The van der Waals surface area contributed by atoms with E-state index in [0.717, 1.165) is 28.8 Å². The molecule has 134 valence electrons. The Balaban J connectivity index is 2.00. The molecule has 0 atom stereocenters. The molecular formula is C24H23N2O+. The number of aromatic nitrogens is 2. The van der Waals surface area contributed by atoms with Gasteiger partial charge in [0.25, 0.3) is 6.33 Å². The van der Waals surface area contributed by atoms with Crippen LogP contribution in [-0.4, -0.2) is 4.98 Å². The lowest BCUT2D eigenvalue weighted by molar-refractivity contribution is -0.662. The first-order valence-corrected chi connectivity index (χ1v) is 9.56. The molecule has 3 aromatic carbocycles. The molecule has 3 nitrogen and oxygen atoms in total. The first-order valence-electron chi connectivity index (χ1n) is 9.56. The van der Waals surface area contributed by atoms with E-state index in [0.29, 0.717) is 5.92 Å². The first kappa shape index (κ1) is 16.2. The van der Waals surface area contributed by atoms with E-state index in [1.807, 2.05) is 12.4 Å². The van der Waals surface area contributed by atoms with E-state index < -0.39 is 0 Å². The molecule has 0 fully saturated rings. The summed E-state index contributed by atoms with van der Waals surface area (Å²) in [5.41, 5.74) is 5.96. The van der Waals surface area contributed by atoms with Crippen LogP contribution in [0.15, 0.2) is 48.8 Å². The Morgan fingerprint density at radius 3 is 2.59 bits per heavy atom. The minimum Gasteiger partial charge on any atom is -0.455 e. The average molecular weight is 355 g/mol. The smallest absolute Gasteiger partial charge is 0.287 e. The van der Waals surface area contributed by atoms with Crippen molar-refractivity contribution >= 4 is 21.7 Å². The molecule has 0 radical (unpaired) electrons. The molecule has 27 heavy (non-hydrogen) atoms. The number of rotatable bonds is 2. The van der Waals surface area contributed by atoms with Gasteiger partial charge < -0.3 is 4.74 Å². The van der Waals surface area contributed by atoms with Gasteiger partial charge in [-0.05, 0) is 52.7 Å². The number of benzene rings is 3. The lowest BCUT2D eigenvalue weighted by Gasteiger charge is -2.26. The summed E-state index contributed by atoms with van der Waals surface area (Å²) in [4.78, 5) is 4.60. The number of aryl methyl sites for hydroxylation is 2. The van der Waals surface area contributed by atoms with Crippen molar-refractivity contribution in [1.29, 1.82) is 0 Å². The summed E-state index contributed by atoms with van der Waals surface area (Å²) in [6.45, 7) is 6.74. The van der Waals surface area contributed by atoms with Gasteiger partial charge in [-0.1, -0.05) is 44.2 Å². The highest BCUT2D eigenvalue weighted by molar-refractivity contribution is 6.05. The van der Waals surface area contributed by atoms with Crippen LogP contribution in [0, 0.1) is 12.8 Å². The van der Waals surface area contributed by atoms with Crippen molar-refractivity contribution in [2.24, 2.45) is 13.0 Å². The summed E-state index contributed by atoms with van der Waals surface area (Å²) in [6.07, 6.45) is 2.90. The van der Waals surface area contributed by atoms with Crippen molar-refractivity contribution in [2.75, 3.05) is 0 Å². The van der Waals surface area contributed by atoms with Gasteiger partial charge in [0.2, 0.25) is 0 Å². The Kier molecular flexibility index (Phi) is 3.48. The van der Waals surface area contributed by atoms with E-state index in [1.54, 1.807) is 0 Å². The molecule has 5 rings (SSSR count). The Bertz CT molecular complexity index is 1220. The maximum Gasteiger partial charge on any atom is 0.287 e. The third-order valence-electron chi connectivity index (χ3n) is 5.56. The summed E-state index contributed by atoms with van der Waals surface area (Å²) < 4.78 is 8.71. The molecule has 1 aromatic heterocycles. The van der Waals surface area contributed by atoms with E-state index >= 15 is 0 Å². The Morgan fingerprint density at radius 2 is 1.81 bits per heavy atom. The van der Waals surface area contributed by atoms with Crippen molar-refractivity contribution in [3.05, 3.63) is 59.9 Å². The van der Waals surface area contributed by atoms with Crippen LogP contribution in [0.25, 0.3) is 32.9 Å². The zero-order valence-electron chi connectivity index (χ0n) is 16.2. The Labute approximate surface area is 159 Å². The molecule has 3 heteroatoms. The number of nitrogens with zero attached hydrogens (tertiary/aromatic N) is 2. The van der Waals surface area contributed by atoms with Crippen LogP contribution in [0.3, 0.4) is 0 Å². The van der Waals surface area contributed by atoms with Crippen LogP contribution in [0.1, 0.15) is 25.0 Å². The second-order valence-electron chi connectivity index (χ2n) is 7.91. The topological polar surface area (TPSA) is 26.0 Å². The summed E-state index contributed by atoms with van der Waals surface area (Å²) in [7, 11) is 2.07. The molecule has 0 bridgehead atoms.